The molecule has 2 aliphatic rings. The molecule has 122 valence electrons. The predicted octanol–water partition coefficient (Wildman–Crippen LogP) is 1.95. The third-order valence-corrected chi connectivity index (χ3v) is 4.49. The van der Waals surface area contributed by atoms with Gasteiger partial charge in [0.05, 0.1) is 25.9 Å². The first-order chi connectivity index (χ1) is 10.7. The van der Waals surface area contributed by atoms with Gasteiger partial charge < -0.3 is 19.9 Å². The molecule has 1 saturated heterocycles. The number of likely N-dealkylation sites (tertiary alicyclic amines) is 1. The summed E-state index contributed by atoms with van der Waals surface area (Å²) in [6, 6.07) is 1.38. The summed E-state index contributed by atoms with van der Waals surface area (Å²) < 4.78 is 31.3. The SMILES string of the molecule is COc1c(F)cc2c(c1C1CC(CN)CN1C)OCCCO2. The molecule has 5 nitrogen and oxygen atoms in total. The van der Waals surface area contributed by atoms with Gasteiger partial charge in [-0.1, -0.05) is 0 Å². The van der Waals surface area contributed by atoms with Crippen LogP contribution in [0.1, 0.15) is 24.4 Å². The molecule has 22 heavy (non-hydrogen) atoms. The summed E-state index contributed by atoms with van der Waals surface area (Å²) in [5, 5.41) is 0. The highest BCUT2D eigenvalue weighted by atomic mass is 19.1. The molecule has 0 aromatic heterocycles. The normalized spacial score (nSPS) is 25.1. The summed E-state index contributed by atoms with van der Waals surface area (Å²) >= 11 is 0. The van der Waals surface area contributed by atoms with E-state index in [1.165, 1.54) is 13.2 Å². The molecule has 0 saturated carbocycles. The number of nitrogens with zero attached hydrogens (tertiary/aromatic N) is 1. The van der Waals surface area contributed by atoms with Crippen LogP contribution in [0.4, 0.5) is 4.39 Å². The Morgan fingerprint density at radius 2 is 2.18 bits per heavy atom. The van der Waals surface area contributed by atoms with Gasteiger partial charge in [-0.05, 0) is 25.9 Å². The molecule has 1 aromatic rings. The first kappa shape index (κ1) is 15.4. The van der Waals surface area contributed by atoms with Crippen LogP contribution in [0, 0.1) is 11.7 Å². The molecule has 0 aliphatic carbocycles. The predicted molar refractivity (Wildman–Crippen MR) is 81.1 cm³/mol. The van der Waals surface area contributed by atoms with Crippen LogP contribution in [0.5, 0.6) is 17.2 Å². The number of hydrogen-bond donors (Lipinski definition) is 1. The monoisotopic (exact) mass is 310 g/mol. The Hall–Kier alpha value is -1.53. The van der Waals surface area contributed by atoms with Gasteiger partial charge in [0.25, 0.3) is 0 Å². The topological polar surface area (TPSA) is 57.0 Å². The van der Waals surface area contributed by atoms with Gasteiger partial charge in [0.1, 0.15) is 0 Å². The highest BCUT2D eigenvalue weighted by molar-refractivity contribution is 5.56. The fourth-order valence-electron chi connectivity index (χ4n) is 3.41. The minimum atomic E-state index is -0.411. The van der Waals surface area contributed by atoms with E-state index in [1.807, 2.05) is 7.05 Å². The van der Waals surface area contributed by atoms with E-state index < -0.39 is 5.82 Å². The lowest BCUT2D eigenvalue weighted by Gasteiger charge is -2.25. The van der Waals surface area contributed by atoms with E-state index in [1.54, 1.807) is 0 Å². The van der Waals surface area contributed by atoms with E-state index >= 15 is 0 Å². The van der Waals surface area contributed by atoms with Crippen LogP contribution in [-0.4, -0.2) is 45.4 Å². The van der Waals surface area contributed by atoms with Gasteiger partial charge in [-0.25, -0.2) is 4.39 Å². The number of benzene rings is 1. The van der Waals surface area contributed by atoms with Gasteiger partial charge in [-0.15, -0.1) is 0 Å². The Balaban J connectivity index is 2.10. The van der Waals surface area contributed by atoms with E-state index in [9.17, 15) is 4.39 Å². The van der Waals surface area contributed by atoms with Crippen molar-refractivity contribution in [2.45, 2.75) is 18.9 Å². The van der Waals surface area contributed by atoms with Crippen LogP contribution in [0.15, 0.2) is 6.07 Å². The number of methoxy groups -OCH3 is 1. The zero-order chi connectivity index (χ0) is 15.7. The highest BCUT2D eigenvalue weighted by Crippen LogP contribution is 2.49. The second kappa shape index (κ2) is 6.30. The van der Waals surface area contributed by atoms with Crippen molar-refractivity contribution in [3.05, 3.63) is 17.4 Å². The lowest BCUT2D eigenvalue weighted by atomic mass is 9.97. The summed E-state index contributed by atoms with van der Waals surface area (Å²) in [6.07, 6.45) is 1.65. The Morgan fingerprint density at radius 1 is 1.41 bits per heavy atom. The van der Waals surface area contributed by atoms with Crippen molar-refractivity contribution in [1.82, 2.24) is 4.90 Å². The van der Waals surface area contributed by atoms with Crippen LogP contribution >= 0.6 is 0 Å². The fourth-order valence-corrected chi connectivity index (χ4v) is 3.41. The second-order valence-electron chi connectivity index (χ2n) is 5.98. The summed E-state index contributed by atoms with van der Waals surface area (Å²) in [7, 11) is 3.51. The molecular formula is C16H23FN2O3. The van der Waals surface area contributed by atoms with E-state index in [-0.39, 0.29) is 11.8 Å². The molecule has 0 bridgehead atoms. The molecule has 2 atom stereocenters. The molecule has 2 heterocycles. The van der Waals surface area contributed by atoms with Gasteiger partial charge in [0.2, 0.25) is 0 Å². The standard InChI is InChI=1S/C16H23FN2O3/c1-19-9-10(8-18)6-12(19)14-15(20-2)11(17)7-13-16(14)22-5-3-4-21-13/h7,10,12H,3-6,8-9,18H2,1-2H3. The van der Waals surface area contributed by atoms with Crippen LogP contribution in [0.2, 0.25) is 0 Å². The molecule has 6 heteroatoms. The molecule has 0 amide bonds. The Bertz CT molecular complexity index is 553. The quantitative estimate of drug-likeness (QED) is 0.925. The van der Waals surface area contributed by atoms with Crippen LogP contribution in [0.3, 0.4) is 0 Å². The summed E-state index contributed by atoms with van der Waals surface area (Å²) in [5.74, 6) is 1.32. The van der Waals surface area contributed by atoms with Gasteiger partial charge in [0, 0.05) is 25.1 Å². The van der Waals surface area contributed by atoms with Crippen LogP contribution < -0.4 is 19.9 Å². The molecule has 0 spiro atoms. The molecule has 0 radical (unpaired) electrons. The van der Waals surface area contributed by atoms with Crippen molar-refractivity contribution in [3.8, 4) is 17.2 Å². The van der Waals surface area contributed by atoms with Crippen LogP contribution in [0.25, 0.3) is 0 Å². The number of fused-ring (bicyclic) bond motifs is 1. The summed E-state index contributed by atoms with van der Waals surface area (Å²) in [6.45, 7) is 2.60. The molecule has 3 rings (SSSR count). The maximum absolute atomic E-state index is 14.4. The van der Waals surface area contributed by atoms with Crippen molar-refractivity contribution in [2.24, 2.45) is 11.7 Å². The highest BCUT2D eigenvalue weighted by Gasteiger charge is 2.36. The zero-order valence-corrected chi connectivity index (χ0v) is 13.1. The minimum absolute atomic E-state index is 0.0228. The van der Waals surface area contributed by atoms with E-state index in [0.717, 1.165) is 24.9 Å². The Morgan fingerprint density at radius 3 is 2.86 bits per heavy atom. The van der Waals surface area contributed by atoms with E-state index in [0.29, 0.717) is 37.2 Å². The van der Waals surface area contributed by atoms with Crippen molar-refractivity contribution in [1.29, 1.82) is 0 Å². The average molecular weight is 310 g/mol. The number of nitrogens with two attached hydrogens (primary N) is 1. The first-order valence-corrected chi connectivity index (χ1v) is 7.72. The van der Waals surface area contributed by atoms with Gasteiger partial charge in [-0.3, -0.25) is 4.90 Å². The van der Waals surface area contributed by atoms with Gasteiger partial charge in [-0.2, -0.15) is 0 Å². The molecule has 2 N–H and O–H groups in total. The smallest absolute Gasteiger partial charge is 0.169 e. The minimum Gasteiger partial charge on any atom is -0.493 e. The van der Waals surface area contributed by atoms with Crippen molar-refractivity contribution in [2.75, 3.05) is 40.5 Å². The molecular weight excluding hydrogens is 287 g/mol. The zero-order valence-electron chi connectivity index (χ0n) is 13.1. The largest absolute Gasteiger partial charge is 0.493 e. The maximum atomic E-state index is 14.4. The Labute approximate surface area is 130 Å². The van der Waals surface area contributed by atoms with Crippen LogP contribution in [-0.2, 0) is 0 Å². The Kier molecular flexibility index (Phi) is 4.40. The number of rotatable bonds is 3. The summed E-state index contributed by atoms with van der Waals surface area (Å²) in [4.78, 5) is 2.18. The number of ether oxygens (including phenoxy) is 3. The lowest BCUT2D eigenvalue weighted by Crippen LogP contribution is -2.21. The van der Waals surface area contributed by atoms with Gasteiger partial charge >= 0.3 is 0 Å². The molecule has 2 unspecified atom stereocenters. The third-order valence-electron chi connectivity index (χ3n) is 4.49. The summed E-state index contributed by atoms with van der Waals surface area (Å²) in [5.41, 5.74) is 6.56. The van der Waals surface area contributed by atoms with E-state index in [2.05, 4.69) is 4.90 Å². The second-order valence-corrected chi connectivity index (χ2v) is 5.98. The number of halogens is 1. The number of hydrogen-bond acceptors (Lipinski definition) is 5. The third kappa shape index (κ3) is 2.61. The average Bonchev–Trinajstić information content (AvgIpc) is 2.72. The van der Waals surface area contributed by atoms with E-state index in [4.69, 9.17) is 19.9 Å². The van der Waals surface area contributed by atoms with Crippen molar-refractivity contribution in [3.63, 3.8) is 0 Å². The lowest BCUT2D eigenvalue weighted by molar-refractivity contribution is 0.272. The van der Waals surface area contributed by atoms with Crippen molar-refractivity contribution < 1.29 is 18.6 Å². The van der Waals surface area contributed by atoms with Crippen molar-refractivity contribution >= 4 is 0 Å². The maximum Gasteiger partial charge on any atom is 0.169 e. The fraction of sp³-hybridized carbons (Fsp3) is 0.625. The molecule has 1 fully saturated rings. The molecule has 2 aliphatic heterocycles. The van der Waals surface area contributed by atoms with Gasteiger partial charge in [0.15, 0.2) is 23.1 Å². The molecule has 1 aromatic carbocycles. The first-order valence-electron chi connectivity index (χ1n) is 7.72.